The summed E-state index contributed by atoms with van der Waals surface area (Å²) in [7, 11) is 0. The number of H-pyrrole nitrogens is 1. The second-order valence-electron chi connectivity index (χ2n) is 6.49. The molecule has 0 saturated carbocycles. The number of aromatic amines is 1. The molecule has 2 amide bonds. The average Bonchev–Trinajstić information content (AvgIpc) is 3.06. The first kappa shape index (κ1) is 17.1. The molecule has 8 heteroatoms. The van der Waals surface area contributed by atoms with Gasteiger partial charge in [-0.2, -0.15) is 0 Å². The molecule has 0 fully saturated rings. The van der Waals surface area contributed by atoms with E-state index in [4.69, 9.17) is 0 Å². The van der Waals surface area contributed by atoms with Gasteiger partial charge in [0.1, 0.15) is 11.5 Å². The third-order valence-corrected chi connectivity index (χ3v) is 4.71. The Hall–Kier alpha value is -3.29. The van der Waals surface area contributed by atoms with Gasteiger partial charge in [0.2, 0.25) is 5.91 Å². The van der Waals surface area contributed by atoms with Crippen LogP contribution in [0.4, 0.5) is 4.39 Å². The highest BCUT2D eigenvalue weighted by Crippen LogP contribution is 2.34. The van der Waals surface area contributed by atoms with Gasteiger partial charge in [0.25, 0.3) is 5.91 Å². The number of carbonyl (C=O) groups excluding carboxylic acids is 2. The minimum absolute atomic E-state index is 0.155. The molecule has 0 spiro atoms. The maximum Gasteiger partial charge on any atom is 0.271 e. The van der Waals surface area contributed by atoms with Crippen molar-refractivity contribution in [2.75, 3.05) is 6.54 Å². The molecular weight excluding hydrogens is 349 g/mol. The molecular formula is C19H18FN5O2. The van der Waals surface area contributed by atoms with E-state index in [2.05, 4.69) is 25.6 Å². The van der Waals surface area contributed by atoms with E-state index < -0.39 is 5.91 Å². The summed E-state index contributed by atoms with van der Waals surface area (Å²) in [6.07, 6.45) is 6.74. The minimum atomic E-state index is -0.455. The van der Waals surface area contributed by atoms with E-state index in [1.54, 1.807) is 6.07 Å². The minimum Gasteiger partial charge on any atom is -0.356 e. The van der Waals surface area contributed by atoms with E-state index in [1.807, 2.05) is 0 Å². The number of halogens is 1. The third-order valence-electron chi connectivity index (χ3n) is 4.71. The van der Waals surface area contributed by atoms with Gasteiger partial charge in [-0.15, -0.1) is 0 Å². The number of amides is 2. The van der Waals surface area contributed by atoms with Crippen molar-refractivity contribution in [2.45, 2.75) is 25.3 Å². The predicted molar refractivity (Wildman–Crippen MR) is 96.4 cm³/mol. The van der Waals surface area contributed by atoms with E-state index in [0.717, 1.165) is 41.4 Å². The Kier molecular flexibility index (Phi) is 4.53. The number of hydrogen-bond acceptors (Lipinski definition) is 4. The van der Waals surface area contributed by atoms with Gasteiger partial charge in [-0.3, -0.25) is 14.6 Å². The molecule has 0 saturated heterocycles. The zero-order valence-electron chi connectivity index (χ0n) is 14.5. The van der Waals surface area contributed by atoms with Gasteiger partial charge in [0, 0.05) is 29.0 Å². The van der Waals surface area contributed by atoms with Crippen LogP contribution in [0, 0.1) is 5.82 Å². The van der Waals surface area contributed by atoms with E-state index in [1.165, 1.54) is 30.7 Å². The fourth-order valence-corrected chi connectivity index (χ4v) is 3.49. The van der Waals surface area contributed by atoms with Crippen LogP contribution in [0.15, 0.2) is 36.8 Å². The molecule has 3 aromatic rings. The Labute approximate surface area is 154 Å². The van der Waals surface area contributed by atoms with Gasteiger partial charge in [-0.25, -0.2) is 9.37 Å². The lowest BCUT2D eigenvalue weighted by Gasteiger charge is -2.24. The molecule has 0 aliphatic heterocycles. The lowest BCUT2D eigenvalue weighted by Crippen LogP contribution is -2.39. The fraction of sp³-hybridized carbons (Fsp3) is 0.263. The van der Waals surface area contributed by atoms with Crippen LogP contribution in [0.25, 0.3) is 10.9 Å². The molecule has 0 bridgehead atoms. The summed E-state index contributed by atoms with van der Waals surface area (Å²) in [5.41, 5.74) is 2.97. The zero-order valence-corrected chi connectivity index (χ0v) is 14.5. The van der Waals surface area contributed by atoms with Crippen molar-refractivity contribution in [1.82, 2.24) is 25.6 Å². The van der Waals surface area contributed by atoms with E-state index in [0.29, 0.717) is 0 Å². The van der Waals surface area contributed by atoms with Gasteiger partial charge in [-0.1, -0.05) is 0 Å². The number of carbonyl (C=O) groups is 2. The van der Waals surface area contributed by atoms with Gasteiger partial charge < -0.3 is 15.6 Å². The van der Waals surface area contributed by atoms with Crippen LogP contribution in [-0.2, 0) is 11.2 Å². The van der Waals surface area contributed by atoms with E-state index in [9.17, 15) is 14.0 Å². The Morgan fingerprint density at radius 3 is 3.00 bits per heavy atom. The third kappa shape index (κ3) is 3.51. The van der Waals surface area contributed by atoms with Crippen molar-refractivity contribution in [3.05, 3.63) is 59.6 Å². The van der Waals surface area contributed by atoms with Gasteiger partial charge in [-0.05, 0) is 43.0 Å². The molecule has 2 aromatic heterocycles. The summed E-state index contributed by atoms with van der Waals surface area (Å²) in [5.74, 6) is -1.03. The van der Waals surface area contributed by atoms with Crippen LogP contribution in [0.5, 0.6) is 0 Å². The molecule has 27 heavy (non-hydrogen) atoms. The average molecular weight is 367 g/mol. The molecule has 3 N–H and O–H groups in total. The van der Waals surface area contributed by atoms with E-state index in [-0.39, 0.29) is 30.0 Å². The van der Waals surface area contributed by atoms with Crippen LogP contribution >= 0.6 is 0 Å². The second kappa shape index (κ2) is 7.14. The molecule has 1 aromatic carbocycles. The summed E-state index contributed by atoms with van der Waals surface area (Å²) < 4.78 is 13.6. The smallest absolute Gasteiger partial charge is 0.271 e. The van der Waals surface area contributed by atoms with E-state index >= 15 is 0 Å². The van der Waals surface area contributed by atoms with Crippen molar-refractivity contribution in [2.24, 2.45) is 0 Å². The molecule has 1 aliphatic carbocycles. The second-order valence-corrected chi connectivity index (χ2v) is 6.49. The van der Waals surface area contributed by atoms with Crippen LogP contribution in [0.2, 0.25) is 0 Å². The van der Waals surface area contributed by atoms with Crippen LogP contribution in [-0.4, -0.2) is 33.3 Å². The van der Waals surface area contributed by atoms with Crippen LogP contribution in [0.3, 0.4) is 0 Å². The van der Waals surface area contributed by atoms with Crippen molar-refractivity contribution in [1.29, 1.82) is 0 Å². The standard InChI is InChI=1S/C19H18FN5O2/c20-11-4-5-14-13(8-11)12-2-1-3-15(18(12)25-14)24-17(26)10-23-19(27)16-9-21-6-7-22-16/h4-9,15,25H,1-3,10H2,(H,23,27)(H,24,26)/t15-/m0/s1. The zero-order chi connectivity index (χ0) is 18.8. The monoisotopic (exact) mass is 367 g/mol. The Bertz CT molecular complexity index is 1000. The van der Waals surface area contributed by atoms with Gasteiger partial charge in [0.05, 0.1) is 18.8 Å². The number of hydrogen-bond donors (Lipinski definition) is 3. The summed E-state index contributed by atoms with van der Waals surface area (Å²) in [6, 6.07) is 4.46. The first-order chi connectivity index (χ1) is 13.1. The van der Waals surface area contributed by atoms with Crippen molar-refractivity contribution < 1.29 is 14.0 Å². The van der Waals surface area contributed by atoms with Crippen LogP contribution in [0.1, 0.15) is 40.6 Å². The van der Waals surface area contributed by atoms with Crippen LogP contribution < -0.4 is 10.6 Å². The summed E-state index contributed by atoms with van der Waals surface area (Å²) in [5, 5.41) is 6.34. The highest BCUT2D eigenvalue weighted by molar-refractivity contribution is 5.94. The molecule has 1 atom stereocenters. The fourth-order valence-electron chi connectivity index (χ4n) is 3.49. The number of fused-ring (bicyclic) bond motifs is 3. The number of rotatable bonds is 4. The van der Waals surface area contributed by atoms with Crippen molar-refractivity contribution in [3.8, 4) is 0 Å². The molecule has 1 aliphatic rings. The predicted octanol–water partition coefficient (Wildman–Crippen LogP) is 2.02. The molecule has 0 radical (unpaired) electrons. The summed E-state index contributed by atoms with van der Waals surface area (Å²) in [6.45, 7) is -0.157. The molecule has 0 unspecified atom stereocenters. The van der Waals surface area contributed by atoms with Crippen molar-refractivity contribution in [3.63, 3.8) is 0 Å². The lowest BCUT2D eigenvalue weighted by molar-refractivity contribution is -0.121. The molecule has 2 heterocycles. The lowest BCUT2D eigenvalue weighted by atomic mass is 9.91. The number of nitrogens with zero attached hydrogens (tertiary/aromatic N) is 2. The first-order valence-corrected chi connectivity index (χ1v) is 8.75. The maximum absolute atomic E-state index is 13.6. The Morgan fingerprint density at radius 2 is 2.19 bits per heavy atom. The quantitative estimate of drug-likeness (QED) is 0.657. The molecule has 4 rings (SSSR count). The maximum atomic E-state index is 13.6. The number of nitrogens with one attached hydrogen (secondary N) is 3. The number of aromatic nitrogens is 3. The van der Waals surface area contributed by atoms with Gasteiger partial charge >= 0.3 is 0 Å². The molecule has 7 nitrogen and oxygen atoms in total. The summed E-state index contributed by atoms with van der Waals surface area (Å²) >= 11 is 0. The summed E-state index contributed by atoms with van der Waals surface area (Å²) in [4.78, 5) is 35.3. The molecule has 138 valence electrons. The Balaban J connectivity index is 1.44. The normalized spacial score (nSPS) is 16.0. The number of benzene rings is 1. The highest BCUT2D eigenvalue weighted by Gasteiger charge is 2.25. The SMILES string of the molecule is O=C(CNC(=O)c1cnccn1)N[C@H]1CCCc2c1[nH]c1ccc(F)cc21. The van der Waals surface area contributed by atoms with Crippen molar-refractivity contribution >= 4 is 22.7 Å². The van der Waals surface area contributed by atoms with Gasteiger partial charge in [0.15, 0.2) is 0 Å². The largest absolute Gasteiger partial charge is 0.356 e. The first-order valence-electron chi connectivity index (χ1n) is 8.75. The number of aryl methyl sites for hydroxylation is 1. The topological polar surface area (TPSA) is 99.8 Å². The Morgan fingerprint density at radius 1 is 1.30 bits per heavy atom. The highest BCUT2D eigenvalue weighted by atomic mass is 19.1.